The Bertz CT molecular complexity index is 1040. The number of nitrogens with zero attached hydrogens (tertiary/aromatic N) is 2. The van der Waals surface area contributed by atoms with Gasteiger partial charge in [0.25, 0.3) is 11.1 Å². The zero-order chi connectivity index (χ0) is 23.3. The van der Waals surface area contributed by atoms with Crippen molar-refractivity contribution in [3.8, 4) is 0 Å². The molecule has 0 fully saturated rings. The molecule has 0 N–H and O–H groups in total. The Kier molecular flexibility index (Phi) is 6.33. The van der Waals surface area contributed by atoms with Crippen LogP contribution in [0.1, 0.15) is 11.1 Å². The fourth-order valence-corrected chi connectivity index (χ4v) is 4.41. The molecule has 33 heavy (non-hydrogen) atoms. The second-order valence-corrected chi connectivity index (χ2v) is 8.29. The van der Waals surface area contributed by atoms with E-state index < -0.39 is 23.3 Å². The first-order chi connectivity index (χ1) is 16.0. The molecule has 4 rings (SSSR count). The predicted molar refractivity (Wildman–Crippen MR) is 125 cm³/mol. The van der Waals surface area contributed by atoms with E-state index in [1.54, 1.807) is 36.5 Å². The summed E-state index contributed by atoms with van der Waals surface area (Å²) in [4.78, 5) is 24.1. The van der Waals surface area contributed by atoms with Crippen molar-refractivity contribution in [1.82, 2.24) is 0 Å². The van der Waals surface area contributed by atoms with Gasteiger partial charge in [0.15, 0.2) is 12.2 Å². The van der Waals surface area contributed by atoms with E-state index in [0.29, 0.717) is 0 Å². The van der Waals surface area contributed by atoms with E-state index in [2.05, 4.69) is 0 Å². The van der Waals surface area contributed by atoms with Gasteiger partial charge in [-0.25, -0.2) is 0 Å². The molecule has 0 radical (unpaired) electrons. The number of hydrogen-bond acceptors (Lipinski definition) is 5. The third-order valence-electron chi connectivity index (χ3n) is 6.18. The number of nitro groups is 2. The van der Waals surface area contributed by atoms with Crippen LogP contribution in [0.4, 0.5) is 0 Å². The monoisotopic (exact) mass is 444 g/mol. The summed E-state index contributed by atoms with van der Waals surface area (Å²) in [7, 11) is 0. The highest BCUT2D eigenvalue weighted by Crippen LogP contribution is 2.35. The molecule has 0 saturated carbocycles. The number of allylic oxidation sites excluding steroid dienone is 4. The van der Waals surface area contributed by atoms with E-state index in [1.165, 1.54) is 12.2 Å². The lowest BCUT2D eigenvalue weighted by molar-refractivity contribution is -0.581. The molecule has 2 aliphatic rings. The molecule has 0 aromatic heterocycles. The Morgan fingerprint density at radius 1 is 0.667 bits per heavy atom. The first kappa shape index (κ1) is 22.4. The minimum atomic E-state index is -1.58. The summed E-state index contributed by atoms with van der Waals surface area (Å²) in [5.74, 6) is 0. The van der Waals surface area contributed by atoms with Crippen LogP contribution >= 0.6 is 0 Å². The molecule has 7 nitrogen and oxygen atoms in total. The van der Waals surface area contributed by atoms with Crippen LogP contribution in [0.2, 0.25) is 0 Å². The van der Waals surface area contributed by atoms with Crippen molar-refractivity contribution in [3.05, 3.63) is 141 Å². The molecular weight excluding hydrogens is 420 g/mol. The van der Waals surface area contributed by atoms with Crippen LogP contribution in [-0.2, 0) is 17.6 Å². The lowest BCUT2D eigenvalue weighted by Crippen LogP contribution is -2.57. The van der Waals surface area contributed by atoms with Gasteiger partial charge in [-0.2, -0.15) is 0 Å². The van der Waals surface area contributed by atoms with Gasteiger partial charge in [-0.1, -0.05) is 85.0 Å². The molecule has 0 heterocycles. The summed E-state index contributed by atoms with van der Waals surface area (Å²) in [5, 5.41) is 24.8. The van der Waals surface area contributed by atoms with Crippen molar-refractivity contribution in [1.29, 1.82) is 0 Å². The summed E-state index contributed by atoms with van der Waals surface area (Å²) in [6, 6.07) is 18.3. The number of benzene rings is 2. The molecule has 0 bridgehead atoms. The second kappa shape index (κ2) is 9.34. The van der Waals surface area contributed by atoms with Gasteiger partial charge in [0.2, 0.25) is 0 Å². The Morgan fingerprint density at radius 3 is 1.42 bits per heavy atom. The highest BCUT2D eigenvalue weighted by Gasteiger charge is 2.55. The van der Waals surface area contributed by atoms with E-state index in [4.69, 9.17) is 4.74 Å². The topological polar surface area (TPSA) is 95.5 Å². The molecule has 2 aliphatic carbocycles. The molecule has 0 spiro atoms. The van der Waals surface area contributed by atoms with Crippen molar-refractivity contribution in [2.75, 3.05) is 0 Å². The van der Waals surface area contributed by atoms with Gasteiger partial charge >= 0.3 is 0 Å². The lowest BCUT2D eigenvalue weighted by atomic mass is 9.80. The average molecular weight is 444 g/mol. The Labute approximate surface area is 191 Å². The van der Waals surface area contributed by atoms with Gasteiger partial charge in [-0.3, -0.25) is 20.2 Å². The first-order valence-corrected chi connectivity index (χ1v) is 10.7. The van der Waals surface area contributed by atoms with E-state index in [1.807, 2.05) is 60.7 Å². The van der Waals surface area contributed by atoms with E-state index in [-0.39, 0.29) is 22.7 Å². The molecule has 2 aromatic carbocycles. The zero-order valence-corrected chi connectivity index (χ0v) is 17.9. The standard InChI is InChI=1S/C26H24N2O5/c29-27(30)25(19-21-11-3-1-4-12-21)17-9-7-15-23(25)33-24-16-8-10-18-26(24,28(31)32)20-22-13-5-2-6-14-22/h1-18,23-24H,19-20H2. The molecule has 7 heteroatoms. The van der Waals surface area contributed by atoms with Crippen molar-refractivity contribution in [2.45, 2.75) is 36.1 Å². The Hall–Kier alpha value is -3.84. The summed E-state index contributed by atoms with van der Waals surface area (Å²) >= 11 is 0. The molecule has 0 saturated heterocycles. The maximum atomic E-state index is 12.4. The fraction of sp³-hybridized carbons (Fsp3) is 0.231. The molecule has 0 aliphatic heterocycles. The molecule has 2 aromatic rings. The summed E-state index contributed by atoms with van der Waals surface area (Å²) in [5.41, 5.74) is -1.60. The van der Waals surface area contributed by atoms with Gasteiger partial charge in [0.1, 0.15) is 0 Å². The smallest absolute Gasteiger partial charge is 0.273 e. The largest absolute Gasteiger partial charge is 0.351 e. The number of hydrogen-bond donors (Lipinski definition) is 0. The molecular formula is C26H24N2O5. The number of ether oxygens (including phenoxy) is 1. The van der Waals surface area contributed by atoms with E-state index in [0.717, 1.165) is 11.1 Å². The normalized spacial score (nSPS) is 28.0. The maximum absolute atomic E-state index is 12.4. The second-order valence-electron chi connectivity index (χ2n) is 8.29. The highest BCUT2D eigenvalue weighted by atomic mass is 16.6. The van der Waals surface area contributed by atoms with Crippen LogP contribution in [0.5, 0.6) is 0 Å². The van der Waals surface area contributed by atoms with Crippen molar-refractivity contribution in [2.24, 2.45) is 0 Å². The Morgan fingerprint density at radius 2 is 1.06 bits per heavy atom. The van der Waals surface area contributed by atoms with Crippen molar-refractivity contribution >= 4 is 0 Å². The highest BCUT2D eigenvalue weighted by molar-refractivity contribution is 5.31. The maximum Gasteiger partial charge on any atom is 0.273 e. The van der Waals surface area contributed by atoms with Crippen LogP contribution in [-0.4, -0.2) is 33.1 Å². The summed E-state index contributed by atoms with van der Waals surface area (Å²) in [6.07, 6.45) is 11.1. The van der Waals surface area contributed by atoms with Crippen LogP contribution < -0.4 is 0 Å². The Balaban J connectivity index is 1.69. The van der Waals surface area contributed by atoms with E-state index in [9.17, 15) is 20.2 Å². The lowest BCUT2D eigenvalue weighted by Gasteiger charge is -2.37. The van der Waals surface area contributed by atoms with Gasteiger partial charge in [-0.15, -0.1) is 0 Å². The molecule has 0 amide bonds. The van der Waals surface area contributed by atoms with Gasteiger partial charge < -0.3 is 4.74 Å². The molecule has 4 unspecified atom stereocenters. The van der Waals surface area contributed by atoms with E-state index >= 15 is 0 Å². The zero-order valence-electron chi connectivity index (χ0n) is 17.9. The van der Waals surface area contributed by atoms with Crippen molar-refractivity contribution in [3.63, 3.8) is 0 Å². The third-order valence-corrected chi connectivity index (χ3v) is 6.18. The van der Waals surface area contributed by atoms with Gasteiger partial charge in [0.05, 0.1) is 12.8 Å². The quantitative estimate of drug-likeness (QED) is 0.441. The van der Waals surface area contributed by atoms with Gasteiger partial charge in [-0.05, 0) is 35.4 Å². The summed E-state index contributed by atoms with van der Waals surface area (Å²) < 4.78 is 6.27. The minimum Gasteiger partial charge on any atom is -0.351 e. The third kappa shape index (κ3) is 4.40. The fourth-order valence-electron chi connectivity index (χ4n) is 4.41. The van der Waals surface area contributed by atoms with Crippen LogP contribution in [0, 0.1) is 20.2 Å². The summed E-state index contributed by atoms with van der Waals surface area (Å²) in [6.45, 7) is 0. The van der Waals surface area contributed by atoms with Crippen LogP contribution in [0.25, 0.3) is 0 Å². The van der Waals surface area contributed by atoms with Gasteiger partial charge in [0, 0.05) is 9.85 Å². The molecule has 4 atom stereocenters. The first-order valence-electron chi connectivity index (χ1n) is 10.7. The van der Waals surface area contributed by atoms with Crippen molar-refractivity contribution < 1.29 is 14.6 Å². The van der Waals surface area contributed by atoms with Crippen LogP contribution in [0.15, 0.2) is 109 Å². The average Bonchev–Trinajstić information content (AvgIpc) is 2.82. The van der Waals surface area contributed by atoms with Crippen LogP contribution in [0.3, 0.4) is 0 Å². The molecule has 168 valence electrons. The number of rotatable bonds is 8. The SMILES string of the molecule is O=[N+]([O-])C1(Cc2ccccc2)C=CC=CC1OC1C=CC=CC1(Cc1ccccc1)[N+](=O)[O-]. The minimum absolute atomic E-state index is 0.1000. The predicted octanol–water partition coefficient (Wildman–Crippen LogP) is 4.51.